The van der Waals surface area contributed by atoms with E-state index in [9.17, 15) is 13.6 Å². The van der Waals surface area contributed by atoms with E-state index in [2.05, 4.69) is 10.1 Å². The molecule has 1 aromatic carbocycles. The second kappa shape index (κ2) is 6.50. The first-order chi connectivity index (χ1) is 9.16. The van der Waals surface area contributed by atoms with Gasteiger partial charge in [0.1, 0.15) is 5.75 Å². The van der Waals surface area contributed by atoms with E-state index in [1.807, 2.05) is 0 Å². The summed E-state index contributed by atoms with van der Waals surface area (Å²) in [7, 11) is 0. The maximum absolute atomic E-state index is 12.2. The van der Waals surface area contributed by atoms with Crippen LogP contribution in [-0.4, -0.2) is 12.5 Å². The van der Waals surface area contributed by atoms with E-state index in [-0.39, 0.29) is 24.1 Å². The van der Waals surface area contributed by atoms with Gasteiger partial charge in [-0.15, -0.1) is 0 Å². The lowest BCUT2D eigenvalue weighted by Gasteiger charge is -2.13. The molecule has 0 atom stereocenters. The van der Waals surface area contributed by atoms with Crippen LogP contribution >= 0.6 is 0 Å². The minimum absolute atomic E-state index is 0.00403. The van der Waals surface area contributed by atoms with E-state index in [0.717, 1.165) is 25.7 Å². The Morgan fingerprint density at radius 3 is 2.68 bits per heavy atom. The van der Waals surface area contributed by atoms with Gasteiger partial charge in [0, 0.05) is 18.0 Å². The van der Waals surface area contributed by atoms with Crippen molar-refractivity contribution in [1.82, 2.24) is 5.32 Å². The Balaban J connectivity index is 1.93. The van der Waals surface area contributed by atoms with Crippen LogP contribution in [0.2, 0.25) is 0 Å². The van der Waals surface area contributed by atoms with Crippen molar-refractivity contribution in [3.05, 3.63) is 29.8 Å². The molecule has 0 heterocycles. The number of carbonyl (C=O) groups is 1. The molecule has 1 aromatic rings. The highest BCUT2D eigenvalue weighted by molar-refractivity contribution is 5.78. The van der Waals surface area contributed by atoms with Crippen molar-refractivity contribution in [2.75, 3.05) is 0 Å². The highest BCUT2D eigenvalue weighted by Gasteiger charge is 2.22. The SMILES string of the molecule is O=C(NCc1ccccc1OC(F)F)C1CCCC1. The first-order valence-electron chi connectivity index (χ1n) is 6.47. The highest BCUT2D eigenvalue weighted by Crippen LogP contribution is 2.25. The van der Waals surface area contributed by atoms with Crippen LogP contribution < -0.4 is 10.1 Å². The van der Waals surface area contributed by atoms with E-state index < -0.39 is 6.61 Å². The van der Waals surface area contributed by atoms with Crippen molar-refractivity contribution in [3.8, 4) is 5.75 Å². The van der Waals surface area contributed by atoms with E-state index in [1.54, 1.807) is 18.2 Å². The van der Waals surface area contributed by atoms with E-state index >= 15 is 0 Å². The monoisotopic (exact) mass is 269 g/mol. The van der Waals surface area contributed by atoms with Crippen LogP contribution in [0.4, 0.5) is 8.78 Å². The molecule has 0 bridgehead atoms. The van der Waals surface area contributed by atoms with E-state index in [1.165, 1.54) is 6.07 Å². The number of rotatable bonds is 5. The number of amides is 1. The maximum Gasteiger partial charge on any atom is 0.387 e. The summed E-state index contributed by atoms with van der Waals surface area (Å²) in [4.78, 5) is 11.9. The molecule has 19 heavy (non-hydrogen) atoms. The summed E-state index contributed by atoms with van der Waals surface area (Å²) in [5, 5.41) is 2.79. The minimum Gasteiger partial charge on any atom is -0.434 e. The summed E-state index contributed by atoms with van der Waals surface area (Å²) in [6, 6.07) is 6.51. The second-order valence-corrected chi connectivity index (χ2v) is 4.69. The molecule has 1 N–H and O–H groups in total. The largest absolute Gasteiger partial charge is 0.434 e. The summed E-state index contributed by atoms with van der Waals surface area (Å²) in [5.41, 5.74) is 0.564. The second-order valence-electron chi connectivity index (χ2n) is 4.69. The number of hydrogen-bond acceptors (Lipinski definition) is 2. The van der Waals surface area contributed by atoms with Gasteiger partial charge in [-0.1, -0.05) is 31.0 Å². The zero-order valence-electron chi connectivity index (χ0n) is 10.6. The Kier molecular flexibility index (Phi) is 4.71. The van der Waals surface area contributed by atoms with Gasteiger partial charge in [0.25, 0.3) is 0 Å². The molecule has 0 unspecified atom stereocenters. The van der Waals surface area contributed by atoms with Crippen LogP contribution in [-0.2, 0) is 11.3 Å². The molecular formula is C14H17F2NO2. The molecule has 0 saturated heterocycles. The quantitative estimate of drug-likeness (QED) is 0.892. The fraction of sp³-hybridized carbons (Fsp3) is 0.500. The Morgan fingerprint density at radius 2 is 2.00 bits per heavy atom. The van der Waals surface area contributed by atoms with Gasteiger partial charge in [-0.25, -0.2) is 0 Å². The summed E-state index contributed by atoms with van der Waals surface area (Å²) < 4.78 is 28.9. The molecule has 5 heteroatoms. The molecule has 0 aromatic heterocycles. The number of benzene rings is 1. The lowest BCUT2D eigenvalue weighted by atomic mass is 10.1. The smallest absolute Gasteiger partial charge is 0.387 e. The van der Waals surface area contributed by atoms with E-state index in [4.69, 9.17) is 0 Å². The fourth-order valence-corrected chi connectivity index (χ4v) is 2.38. The molecule has 0 aliphatic heterocycles. The minimum atomic E-state index is -2.85. The summed E-state index contributed by atoms with van der Waals surface area (Å²) >= 11 is 0. The van der Waals surface area contributed by atoms with Gasteiger partial charge in [-0.05, 0) is 18.9 Å². The van der Waals surface area contributed by atoms with Crippen LogP contribution in [0.5, 0.6) is 5.75 Å². The average molecular weight is 269 g/mol. The van der Waals surface area contributed by atoms with Gasteiger partial charge in [0.15, 0.2) is 0 Å². The molecule has 1 aliphatic rings. The lowest BCUT2D eigenvalue weighted by molar-refractivity contribution is -0.124. The zero-order chi connectivity index (χ0) is 13.7. The molecule has 0 radical (unpaired) electrons. The van der Waals surface area contributed by atoms with Crippen molar-refractivity contribution >= 4 is 5.91 Å². The number of carbonyl (C=O) groups excluding carboxylic acids is 1. The Morgan fingerprint density at radius 1 is 1.32 bits per heavy atom. The fourth-order valence-electron chi connectivity index (χ4n) is 2.38. The first kappa shape index (κ1) is 13.8. The molecule has 2 rings (SSSR count). The van der Waals surface area contributed by atoms with Crippen LogP contribution in [0.25, 0.3) is 0 Å². The molecule has 1 saturated carbocycles. The molecule has 3 nitrogen and oxygen atoms in total. The van der Waals surface area contributed by atoms with Crippen molar-refractivity contribution in [3.63, 3.8) is 0 Å². The van der Waals surface area contributed by atoms with Crippen molar-refractivity contribution in [2.24, 2.45) is 5.92 Å². The number of hydrogen-bond donors (Lipinski definition) is 1. The summed E-state index contributed by atoms with van der Waals surface area (Å²) in [6.45, 7) is -2.63. The maximum atomic E-state index is 12.2. The molecule has 1 amide bonds. The third-order valence-corrected chi connectivity index (χ3v) is 3.37. The number of ether oxygens (including phenoxy) is 1. The molecule has 1 fully saturated rings. The predicted molar refractivity (Wildman–Crippen MR) is 66.9 cm³/mol. The average Bonchev–Trinajstić information content (AvgIpc) is 2.90. The van der Waals surface area contributed by atoms with Gasteiger partial charge in [0.05, 0.1) is 0 Å². The van der Waals surface area contributed by atoms with Crippen LogP contribution in [0.1, 0.15) is 31.2 Å². The third-order valence-electron chi connectivity index (χ3n) is 3.37. The topological polar surface area (TPSA) is 38.3 Å². The van der Waals surface area contributed by atoms with Crippen molar-refractivity contribution in [2.45, 2.75) is 38.8 Å². The standard InChI is InChI=1S/C14H17F2NO2/c15-14(16)19-12-8-4-3-7-11(12)9-17-13(18)10-5-1-2-6-10/h3-4,7-8,10,14H,1-2,5-6,9H2,(H,17,18). The van der Waals surface area contributed by atoms with Crippen molar-refractivity contribution < 1.29 is 18.3 Å². The van der Waals surface area contributed by atoms with Crippen LogP contribution in [0, 0.1) is 5.92 Å². The molecular weight excluding hydrogens is 252 g/mol. The van der Waals surface area contributed by atoms with Crippen molar-refractivity contribution in [1.29, 1.82) is 0 Å². The van der Waals surface area contributed by atoms with Gasteiger partial charge < -0.3 is 10.1 Å². The highest BCUT2D eigenvalue weighted by atomic mass is 19.3. The van der Waals surface area contributed by atoms with E-state index in [0.29, 0.717) is 5.56 Å². The Bertz CT molecular complexity index is 431. The lowest BCUT2D eigenvalue weighted by Crippen LogP contribution is -2.29. The predicted octanol–water partition coefficient (Wildman–Crippen LogP) is 3.09. The number of alkyl halides is 2. The van der Waals surface area contributed by atoms with Crippen LogP contribution in [0.15, 0.2) is 24.3 Å². The van der Waals surface area contributed by atoms with Gasteiger partial charge in [-0.2, -0.15) is 8.78 Å². The first-order valence-corrected chi connectivity index (χ1v) is 6.47. The Labute approximate surface area is 111 Å². The number of halogens is 2. The normalized spacial score (nSPS) is 15.7. The molecule has 1 aliphatic carbocycles. The molecule has 0 spiro atoms. The number of nitrogens with one attached hydrogen (secondary N) is 1. The Hall–Kier alpha value is -1.65. The van der Waals surface area contributed by atoms with Gasteiger partial charge in [-0.3, -0.25) is 4.79 Å². The van der Waals surface area contributed by atoms with Crippen LogP contribution in [0.3, 0.4) is 0 Å². The van der Waals surface area contributed by atoms with Gasteiger partial charge in [0.2, 0.25) is 5.91 Å². The summed E-state index contributed by atoms with van der Waals surface area (Å²) in [5.74, 6) is 0.191. The van der Waals surface area contributed by atoms with Gasteiger partial charge >= 0.3 is 6.61 Å². The molecule has 104 valence electrons. The third kappa shape index (κ3) is 3.91. The zero-order valence-corrected chi connectivity index (χ0v) is 10.6. The summed E-state index contributed by atoms with van der Waals surface area (Å²) in [6.07, 6.45) is 4.01. The number of para-hydroxylation sites is 1.